The Morgan fingerprint density at radius 1 is 0.741 bits per heavy atom. The first-order valence-electron chi connectivity index (χ1n) is 8.07. The molecule has 27 heavy (non-hydrogen) atoms. The average Bonchev–Trinajstić information content (AvgIpc) is 2.65. The molecule has 0 unspecified atom stereocenters. The summed E-state index contributed by atoms with van der Waals surface area (Å²) in [5.74, 6) is 0.393. The minimum absolute atomic E-state index is 0.0429. The smallest absolute Gasteiger partial charge is 0.302 e. The van der Waals surface area contributed by atoms with Crippen LogP contribution in [0.25, 0.3) is 22.1 Å². The van der Waals surface area contributed by atoms with E-state index in [-0.39, 0.29) is 45.2 Å². The minimum atomic E-state index is -0.337. The Balaban J connectivity index is 1.96. The molecule has 0 saturated carbocycles. The fraction of sp³-hybridized carbons (Fsp3) is 0. The highest BCUT2D eigenvalue weighted by molar-refractivity contribution is 5.85. The lowest BCUT2D eigenvalue weighted by molar-refractivity contribution is 0.355. The number of hydrogen-bond acceptors (Lipinski definition) is 6. The predicted molar refractivity (Wildman–Crippen MR) is 99.4 cm³/mol. The average molecular weight is 362 g/mol. The Bertz CT molecular complexity index is 1170. The summed E-state index contributed by atoms with van der Waals surface area (Å²) >= 11 is 0. The van der Waals surface area contributed by atoms with Gasteiger partial charge in [-0.05, 0) is 54.1 Å². The molecule has 6 nitrogen and oxygen atoms in total. The van der Waals surface area contributed by atoms with Gasteiger partial charge in [-0.1, -0.05) is 12.1 Å². The van der Waals surface area contributed by atoms with Gasteiger partial charge in [0.25, 0.3) is 0 Å². The minimum Gasteiger partial charge on any atom is -0.508 e. The summed E-state index contributed by atoms with van der Waals surface area (Å²) in [6, 6.07) is 16.2. The van der Waals surface area contributed by atoms with Crippen LogP contribution in [0, 0.1) is 0 Å². The molecule has 1 aromatic heterocycles. The summed E-state index contributed by atoms with van der Waals surface area (Å²) in [7, 11) is 0. The van der Waals surface area contributed by atoms with Crippen LogP contribution in [0.15, 0.2) is 75.9 Å². The van der Waals surface area contributed by atoms with Gasteiger partial charge < -0.3 is 24.5 Å². The monoisotopic (exact) mass is 362 g/mol. The number of rotatable bonds is 3. The van der Waals surface area contributed by atoms with Crippen molar-refractivity contribution in [2.75, 3.05) is 0 Å². The van der Waals surface area contributed by atoms with E-state index in [1.54, 1.807) is 12.1 Å². The van der Waals surface area contributed by atoms with Crippen molar-refractivity contribution in [3.05, 3.63) is 77.0 Å². The lowest BCUT2D eigenvalue weighted by Gasteiger charge is -2.11. The van der Waals surface area contributed by atoms with Gasteiger partial charge >= 0.3 is 5.95 Å². The number of hydrogen-bond donors (Lipinski definition) is 3. The third-order valence-electron chi connectivity index (χ3n) is 4.05. The van der Waals surface area contributed by atoms with Gasteiger partial charge in [0.1, 0.15) is 34.1 Å². The first kappa shape index (κ1) is 16.5. The topological polar surface area (TPSA) is 100 Å². The molecule has 0 saturated heterocycles. The molecule has 134 valence electrons. The Kier molecular flexibility index (Phi) is 3.93. The Labute approximate surface area is 153 Å². The SMILES string of the molecule is O=c1c(-c2ccc(O)cc2)c(Oc2ccc(O)cc2)oc2cc(O)ccc12. The molecular formula is C21H14O6. The van der Waals surface area contributed by atoms with Crippen LogP contribution in [-0.4, -0.2) is 15.3 Å². The van der Waals surface area contributed by atoms with E-state index in [0.717, 1.165) is 0 Å². The summed E-state index contributed by atoms with van der Waals surface area (Å²) in [4.78, 5) is 13.1. The van der Waals surface area contributed by atoms with Crippen LogP contribution in [0.1, 0.15) is 0 Å². The molecule has 0 amide bonds. The highest BCUT2D eigenvalue weighted by atomic mass is 16.6. The summed E-state index contributed by atoms with van der Waals surface area (Å²) < 4.78 is 11.5. The molecule has 0 radical (unpaired) electrons. The first-order chi connectivity index (χ1) is 13.0. The normalized spacial score (nSPS) is 10.8. The van der Waals surface area contributed by atoms with Crippen molar-refractivity contribution in [2.45, 2.75) is 0 Å². The molecule has 3 N–H and O–H groups in total. The van der Waals surface area contributed by atoms with Crippen molar-refractivity contribution in [3.8, 4) is 40.1 Å². The molecule has 4 aromatic rings. The van der Waals surface area contributed by atoms with E-state index < -0.39 is 0 Å². The van der Waals surface area contributed by atoms with E-state index in [1.807, 2.05) is 0 Å². The van der Waals surface area contributed by atoms with Gasteiger partial charge in [-0.2, -0.15) is 0 Å². The van der Waals surface area contributed by atoms with Crippen LogP contribution in [0.2, 0.25) is 0 Å². The summed E-state index contributed by atoms with van der Waals surface area (Å²) in [6.07, 6.45) is 0. The maximum Gasteiger partial charge on any atom is 0.302 e. The molecule has 0 atom stereocenters. The van der Waals surface area contributed by atoms with Crippen LogP contribution in [-0.2, 0) is 0 Å². The van der Waals surface area contributed by atoms with E-state index in [4.69, 9.17) is 9.15 Å². The fourth-order valence-electron chi connectivity index (χ4n) is 2.73. The van der Waals surface area contributed by atoms with Crippen molar-refractivity contribution in [3.63, 3.8) is 0 Å². The standard InChI is InChI=1S/C21H14O6/c22-13-3-1-12(2-4-13)19-20(25)17-10-7-15(24)11-18(17)27-21(19)26-16-8-5-14(23)6-9-16/h1-11,22-24H. The highest BCUT2D eigenvalue weighted by Crippen LogP contribution is 2.35. The van der Waals surface area contributed by atoms with E-state index in [2.05, 4.69) is 0 Å². The maximum atomic E-state index is 13.1. The van der Waals surface area contributed by atoms with Crippen molar-refractivity contribution >= 4 is 11.0 Å². The van der Waals surface area contributed by atoms with Crippen LogP contribution < -0.4 is 10.2 Å². The molecular weight excluding hydrogens is 348 g/mol. The van der Waals surface area contributed by atoms with Gasteiger partial charge in [-0.25, -0.2) is 0 Å². The Hall–Kier alpha value is -3.93. The van der Waals surface area contributed by atoms with Crippen molar-refractivity contribution in [1.29, 1.82) is 0 Å². The summed E-state index contributed by atoms with van der Waals surface area (Å²) in [6.45, 7) is 0. The van der Waals surface area contributed by atoms with E-state index in [1.165, 1.54) is 54.6 Å². The number of fused-ring (bicyclic) bond motifs is 1. The third-order valence-corrected chi connectivity index (χ3v) is 4.05. The van der Waals surface area contributed by atoms with Crippen LogP contribution in [0.5, 0.6) is 28.9 Å². The second-order valence-electron chi connectivity index (χ2n) is 5.92. The van der Waals surface area contributed by atoms with Gasteiger partial charge in [0.2, 0.25) is 5.43 Å². The lowest BCUT2D eigenvalue weighted by Crippen LogP contribution is -2.07. The number of phenols is 3. The van der Waals surface area contributed by atoms with E-state index >= 15 is 0 Å². The number of benzene rings is 3. The lowest BCUT2D eigenvalue weighted by atomic mass is 10.0. The van der Waals surface area contributed by atoms with Crippen molar-refractivity contribution in [1.82, 2.24) is 0 Å². The molecule has 0 aliphatic rings. The maximum absolute atomic E-state index is 13.1. The molecule has 0 fully saturated rings. The van der Waals surface area contributed by atoms with Gasteiger partial charge in [-0.3, -0.25) is 4.79 Å². The van der Waals surface area contributed by atoms with Gasteiger partial charge in [0.15, 0.2) is 0 Å². The molecule has 0 aliphatic heterocycles. The molecule has 3 aromatic carbocycles. The first-order valence-corrected chi connectivity index (χ1v) is 8.07. The third kappa shape index (κ3) is 3.16. The quantitative estimate of drug-likeness (QED) is 0.500. The van der Waals surface area contributed by atoms with Gasteiger partial charge in [0, 0.05) is 6.07 Å². The predicted octanol–water partition coefficient (Wildman–Crippen LogP) is 4.37. The fourth-order valence-corrected chi connectivity index (χ4v) is 2.73. The van der Waals surface area contributed by atoms with Crippen LogP contribution >= 0.6 is 0 Å². The second-order valence-corrected chi connectivity index (χ2v) is 5.92. The zero-order valence-electron chi connectivity index (χ0n) is 13.9. The van der Waals surface area contributed by atoms with Crippen LogP contribution in [0.4, 0.5) is 0 Å². The second kappa shape index (κ2) is 6.42. The van der Waals surface area contributed by atoms with E-state index in [9.17, 15) is 20.1 Å². The molecule has 0 spiro atoms. The van der Waals surface area contributed by atoms with Crippen molar-refractivity contribution in [2.24, 2.45) is 0 Å². The Morgan fingerprint density at radius 2 is 1.33 bits per heavy atom. The molecule has 1 heterocycles. The molecule has 0 aliphatic carbocycles. The number of aromatic hydroxyl groups is 3. The largest absolute Gasteiger partial charge is 0.508 e. The zero-order valence-corrected chi connectivity index (χ0v) is 13.9. The molecule has 0 bridgehead atoms. The van der Waals surface area contributed by atoms with Crippen LogP contribution in [0.3, 0.4) is 0 Å². The molecule has 6 heteroatoms. The summed E-state index contributed by atoms with van der Waals surface area (Å²) in [5.41, 5.74) is 0.526. The number of ether oxygens (including phenoxy) is 1. The van der Waals surface area contributed by atoms with Crippen molar-refractivity contribution < 1.29 is 24.5 Å². The highest BCUT2D eigenvalue weighted by Gasteiger charge is 2.19. The molecule has 4 rings (SSSR count). The summed E-state index contributed by atoms with van der Waals surface area (Å²) in [5, 5.41) is 28.9. The zero-order chi connectivity index (χ0) is 19.0. The van der Waals surface area contributed by atoms with Gasteiger partial charge in [-0.15, -0.1) is 0 Å². The Morgan fingerprint density at radius 3 is 2.00 bits per heavy atom. The van der Waals surface area contributed by atoms with E-state index in [0.29, 0.717) is 11.3 Å². The number of phenolic OH excluding ortho intramolecular Hbond substituents is 3. The van der Waals surface area contributed by atoms with Gasteiger partial charge in [0.05, 0.1) is 5.39 Å².